The molecular weight excluding hydrogens is 330 g/mol. The Labute approximate surface area is 153 Å². The molecule has 134 valence electrons. The lowest BCUT2D eigenvalue weighted by molar-refractivity contribution is -0.136. The smallest absolute Gasteiger partial charge is 0.303 e. The molecule has 0 bridgehead atoms. The molecule has 5 nitrogen and oxygen atoms in total. The molecule has 0 aliphatic carbocycles. The Morgan fingerprint density at radius 1 is 1.00 bits per heavy atom. The van der Waals surface area contributed by atoms with Crippen LogP contribution in [0.25, 0.3) is 5.57 Å². The second-order valence-corrected chi connectivity index (χ2v) is 5.54. The zero-order chi connectivity index (χ0) is 18.9. The standard InChI is InChI=1S/C21H21NO4/c1-3-26-19-11-6-16(7-12-19)21(17(14-22)8-13-20(23)24)15-4-9-18(25-2)10-5-15/h4-7,9-12H,3,8,13H2,1-2H3,(H,23,24)/b21-17+. The van der Waals surface area contributed by atoms with Gasteiger partial charge < -0.3 is 14.6 Å². The van der Waals surface area contributed by atoms with Crippen molar-refractivity contribution < 1.29 is 19.4 Å². The van der Waals surface area contributed by atoms with Crippen molar-refractivity contribution in [2.45, 2.75) is 19.8 Å². The van der Waals surface area contributed by atoms with E-state index in [-0.39, 0.29) is 12.8 Å². The lowest BCUT2D eigenvalue weighted by Crippen LogP contribution is -1.99. The Morgan fingerprint density at radius 2 is 1.54 bits per heavy atom. The topological polar surface area (TPSA) is 79.5 Å². The van der Waals surface area contributed by atoms with Gasteiger partial charge in [-0.3, -0.25) is 4.79 Å². The van der Waals surface area contributed by atoms with Crippen LogP contribution in [-0.4, -0.2) is 24.8 Å². The number of nitrogens with zero attached hydrogens (tertiary/aromatic N) is 1. The first-order chi connectivity index (χ1) is 12.6. The van der Waals surface area contributed by atoms with Gasteiger partial charge >= 0.3 is 5.97 Å². The fraction of sp³-hybridized carbons (Fsp3) is 0.238. The van der Waals surface area contributed by atoms with E-state index >= 15 is 0 Å². The first-order valence-corrected chi connectivity index (χ1v) is 8.31. The molecule has 0 spiro atoms. The van der Waals surface area contributed by atoms with Crippen molar-refractivity contribution in [3.63, 3.8) is 0 Å². The second-order valence-electron chi connectivity index (χ2n) is 5.54. The van der Waals surface area contributed by atoms with E-state index < -0.39 is 5.97 Å². The van der Waals surface area contributed by atoms with Gasteiger partial charge in [0.2, 0.25) is 0 Å². The maximum Gasteiger partial charge on any atom is 0.303 e. The molecule has 0 aromatic heterocycles. The molecule has 5 heteroatoms. The zero-order valence-corrected chi connectivity index (χ0v) is 14.9. The first-order valence-electron chi connectivity index (χ1n) is 8.31. The number of aliphatic carboxylic acids is 1. The third-order valence-corrected chi connectivity index (χ3v) is 3.86. The quantitative estimate of drug-likeness (QED) is 0.718. The first kappa shape index (κ1) is 19.1. The summed E-state index contributed by atoms with van der Waals surface area (Å²) < 4.78 is 10.7. The van der Waals surface area contributed by atoms with Gasteiger partial charge in [-0.2, -0.15) is 5.26 Å². The number of hydrogen-bond donors (Lipinski definition) is 1. The molecule has 2 rings (SSSR count). The molecular formula is C21H21NO4. The van der Waals surface area contributed by atoms with Gasteiger partial charge in [-0.05, 0) is 48.7 Å². The molecule has 0 radical (unpaired) electrons. The van der Waals surface area contributed by atoms with Gasteiger partial charge in [-0.1, -0.05) is 24.3 Å². The minimum Gasteiger partial charge on any atom is -0.497 e. The number of carbonyl (C=O) groups is 1. The zero-order valence-electron chi connectivity index (χ0n) is 14.9. The summed E-state index contributed by atoms with van der Waals surface area (Å²) in [5, 5.41) is 18.6. The van der Waals surface area contributed by atoms with Gasteiger partial charge in [0.1, 0.15) is 11.5 Å². The van der Waals surface area contributed by atoms with Crippen molar-refractivity contribution >= 4 is 11.5 Å². The summed E-state index contributed by atoms with van der Waals surface area (Å²) in [6.45, 7) is 2.48. The van der Waals surface area contributed by atoms with Crippen LogP contribution in [0.15, 0.2) is 54.1 Å². The fourth-order valence-corrected chi connectivity index (χ4v) is 2.63. The van der Waals surface area contributed by atoms with Crippen LogP contribution in [0.4, 0.5) is 0 Å². The molecule has 26 heavy (non-hydrogen) atoms. The Hall–Kier alpha value is -3.26. The third-order valence-electron chi connectivity index (χ3n) is 3.86. The highest BCUT2D eigenvalue weighted by atomic mass is 16.5. The van der Waals surface area contributed by atoms with Crippen molar-refractivity contribution in [3.05, 3.63) is 65.2 Å². The fourth-order valence-electron chi connectivity index (χ4n) is 2.63. The Kier molecular flexibility index (Phi) is 6.81. The molecule has 0 unspecified atom stereocenters. The van der Waals surface area contributed by atoms with Gasteiger partial charge in [0.25, 0.3) is 0 Å². The largest absolute Gasteiger partial charge is 0.497 e. The van der Waals surface area contributed by atoms with Crippen LogP contribution >= 0.6 is 0 Å². The molecule has 0 aliphatic heterocycles. The summed E-state index contributed by atoms with van der Waals surface area (Å²) >= 11 is 0. The summed E-state index contributed by atoms with van der Waals surface area (Å²) in [6, 6.07) is 17.0. The lowest BCUT2D eigenvalue weighted by atomic mass is 9.91. The summed E-state index contributed by atoms with van der Waals surface area (Å²) in [7, 11) is 1.59. The number of carboxylic acid groups (broad SMARTS) is 1. The SMILES string of the molecule is CCOc1ccc(/C(=C(/C#N)CCC(=O)O)c2ccc(OC)cc2)cc1. The lowest BCUT2D eigenvalue weighted by Gasteiger charge is -2.13. The van der Waals surface area contributed by atoms with Crippen molar-refractivity contribution in [2.75, 3.05) is 13.7 Å². The van der Waals surface area contributed by atoms with E-state index in [1.54, 1.807) is 7.11 Å². The van der Waals surface area contributed by atoms with E-state index in [1.165, 1.54) is 0 Å². The summed E-state index contributed by atoms with van der Waals surface area (Å²) in [6.07, 6.45) is 0.0694. The molecule has 0 amide bonds. The molecule has 0 atom stereocenters. The van der Waals surface area contributed by atoms with Gasteiger partial charge in [-0.25, -0.2) is 0 Å². The van der Waals surface area contributed by atoms with E-state index in [0.717, 1.165) is 22.4 Å². The average Bonchev–Trinajstić information content (AvgIpc) is 2.66. The van der Waals surface area contributed by atoms with E-state index in [0.29, 0.717) is 17.9 Å². The minimum atomic E-state index is -0.932. The van der Waals surface area contributed by atoms with E-state index in [9.17, 15) is 10.1 Å². The number of rotatable bonds is 8. The number of benzene rings is 2. The predicted molar refractivity (Wildman–Crippen MR) is 99.1 cm³/mol. The minimum absolute atomic E-state index is 0.0976. The third kappa shape index (κ3) is 4.87. The van der Waals surface area contributed by atoms with Crippen LogP contribution in [0.1, 0.15) is 30.9 Å². The normalized spacial score (nSPS) is 11.3. The van der Waals surface area contributed by atoms with Crippen molar-refractivity contribution in [1.82, 2.24) is 0 Å². The Morgan fingerprint density at radius 3 is 1.96 bits per heavy atom. The molecule has 0 heterocycles. The number of hydrogen-bond acceptors (Lipinski definition) is 4. The number of allylic oxidation sites excluding steroid dienone is 1. The van der Waals surface area contributed by atoms with E-state index in [2.05, 4.69) is 6.07 Å². The van der Waals surface area contributed by atoms with Gasteiger partial charge in [0.05, 0.1) is 26.2 Å². The molecule has 2 aromatic rings. The van der Waals surface area contributed by atoms with Crippen LogP contribution in [-0.2, 0) is 4.79 Å². The van der Waals surface area contributed by atoms with Crippen LogP contribution in [0.3, 0.4) is 0 Å². The van der Waals surface area contributed by atoms with Crippen molar-refractivity contribution in [2.24, 2.45) is 0 Å². The average molecular weight is 351 g/mol. The second kappa shape index (κ2) is 9.28. The summed E-state index contributed by atoms with van der Waals surface area (Å²) in [5.74, 6) is 0.525. The van der Waals surface area contributed by atoms with Crippen LogP contribution in [0.2, 0.25) is 0 Å². The van der Waals surface area contributed by atoms with E-state index in [1.807, 2.05) is 55.5 Å². The molecule has 0 aliphatic rings. The number of nitriles is 1. The van der Waals surface area contributed by atoms with Crippen LogP contribution in [0.5, 0.6) is 11.5 Å². The van der Waals surface area contributed by atoms with Crippen molar-refractivity contribution in [1.29, 1.82) is 5.26 Å². The Balaban J connectivity index is 2.52. The van der Waals surface area contributed by atoms with E-state index in [4.69, 9.17) is 14.6 Å². The highest BCUT2D eigenvalue weighted by molar-refractivity contribution is 5.85. The van der Waals surface area contributed by atoms with Gasteiger partial charge in [0, 0.05) is 11.1 Å². The predicted octanol–water partition coefficient (Wildman–Crippen LogP) is 4.28. The van der Waals surface area contributed by atoms with Crippen LogP contribution in [0, 0.1) is 11.3 Å². The number of ether oxygens (including phenoxy) is 2. The summed E-state index contributed by atoms with van der Waals surface area (Å²) in [5.41, 5.74) is 2.82. The van der Waals surface area contributed by atoms with Gasteiger partial charge in [0.15, 0.2) is 0 Å². The van der Waals surface area contributed by atoms with Crippen LogP contribution < -0.4 is 9.47 Å². The molecule has 2 aromatic carbocycles. The summed E-state index contributed by atoms with van der Waals surface area (Å²) in [4.78, 5) is 11.0. The maximum atomic E-state index is 11.0. The number of methoxy groups -OCH3 is 1. The highest BCUT2D eigenvalue weighted by Crippen LogP contribution is 2.31. The molecule has 0 fully saturated rings. The number of carboxylic acids is 1. The molecule has 1 N–H and O–H groups in total. The van der Waals surface area contributed by atoms with Gasteiger partial charge in [-0.15, -0.1) is 0 Å². The molecule has 0 saturated carbocycles. The highest BCUT2D eigenvalue weighted by Gasteiger charge is 2.14. The Bertz CT molecular complexity index is 815. The monoisotopic (exact) mass is 351 g/mol. The maximum absolute atomic E-state index is 11.0. The van der Waals surface area contributed by atoms with Crippen molar-refractivity contribution in [3.8, 4) is 17.6 Å². The molecule has 0 saturated heterocycles.